The quantitative estimate of drug-likeness (QED) is 0.359. The van der Waals surface area contributed by atoms with E-state index in [2.05, 4.69) is 10.5 Å². The summed E-state index contributed by atoms with van der Waals surface area (Å²) < 4.78 is 14.9. The molecule has 1 aliphatic rings. The van der Waals surface area contributed by atoms with E-state index in [-0.39, 0.29) is 0 Å². The van der Waals surface area contributed by atoms with Crippen LogP contribution >= 0.6 is 0 Å². The van der Waals surface area contributed by atoms with Gasteiger partial charge in [0.1, 0.15) is 0 Å². The predicted octanol–water partition coefficient (Wildman–Crippen LogP) is 0.634. The second-order valence-electron chi connectivity index (χ2n) is 2.69. The molecule has 0 aromatic carbocycles. The standard InChI is InChI=1S/C9H12O4/c1-9(12-6-7-13-9)5-3-4-8(10)11-2/h4-5H,6-7H2,1-2H3. The normalized spacial score (nSPS) is 18.9. The molecule has 1 aliphatic heterocycles. The van der Waals surface area contributed by atoms with E-state index >= 15 is 0 Å². The zero-order valence-electron chi connectivity index (χ0n) is 7.70. The van der Waals surface area contributed by atoms with Gasteiger partial charge in [-0.3, -0.25) is 0 Å². The van der Waals surface area contributed by atoms with Gasteiger partial charge in [-0.15, -0.1) is 5.73 Å². The van der Waals surface area contributed by atoms with E-state index in [0.717, 1.165) is 0 Å². The number of rotatable bonds is 2. The van der Waals surface area contributed by atoms with Gasteiger partial charge in [0.15, 0.2) is 5.79 Å². The van der Waals surface area contributed by atoms with E-state index in [0.29, 0.717) is 13.2 Å². The lowest BCUT2D eigenvalue weighted by Gasteiger charge is -2.15. The lowest BCUT2D eigenvalue weighted by molar-refractivity contribution is -0.134. The lowest BCUT2D eigenvalue weighted by Crippen LogP contribution is -2.21. The maximum absolute atomic E-state index is 10.6. The van der Waals surface area contributed by atoms with Crippen molar-refractivity contribution in [1.82, 2.24) is 0 Å². The Kier molecular flexibility index (Phi) is 3.25. The predicted molar refractivity (Wildman–Crippen MR) is 45.0 cm³/mol. The molecular formula is C9H12O4. The highest BCUT2D eigenvalue weighted by Gasteiger charge is 2.27. The first-order chi connectivity index (χ1) is 6.16. The van der Waals surface area contributed by atoms with E-state index in [1.165, 1.54) is 13.2 Å². The van der Waals surface area contributed by atoms with Gasteiger partial charge in [-0.2, -0.15) is 0 Å². The fourth-order valence-corrected chi connectivity index (χ4v) is 0.934. The Morgan fingerprint density at radius 3 is 2.69 bits per heavy atom. The van der Waals surface area contributed by atoms with E-state index in [1.54, 1.807) is 13.0 Å². The summed E-state index contributed by atoms with van der Waals surface area (Å²) in [5, 5.41) is 0. The van der Waals surface area contributed by atoms with Crippen molar-refractivity contribution in [2.45, 2.75) is 12.7 Å². The van der Waals surface area contributed by atoms with Gasteiger partial charge in [0.05, 0.1) is 26.4 Å². The molecule has 0 N–H and O–H groups in total. The third kappa shape index (κ3) is 3.03. The van der Waals surface area contributed by atoms with E-state index in [4.69, 9.17) is 9.47 Å². The third-order valence-electron chi connectivity index (χ3n) is 1.61. The minimum Gasteiger partial charge on any atom is -0.465 e. The van der Waals surface area contributed by atoms with Crippen molar-refractivity contribution in [3.63, 3.8) is 0 Å². The molecule has 0 amide bonds. The molecule has 1 saturated heterocycles. The molecular weight excluding hydrogens is 172 g/mol. The van der Waals surface area contributed by atoms with Gasteiger partial charge in [-0.25, -0.2) is 4.79 Å². The van der Waals surface area contributed by atoms with Crippen LogP contribution in [0.5, 0.6) is 0 Å². The number of carbonyl (C=O) groups is 1. The van der Waals surface area contributed by atoms with Crippen molar-refractivity contribution in [3.8, 4) is 0 Å². The van der Waals surface area contributed by atoms with Crippen LogP contribution in [0.25, 0.3) is 0 Å². The average Bonchev–Trinajstić information content (AvgIpc) is 2.52. The summed E-state index contributed by atoms with van der Waals surface area (Å²) in [4.78, 5) is 10.6. The average molecular weight is 184 g/mol. The topological polar surface area (TPSA) is 44.8 Å². The largest absolute Gasteiger partial charge is 0.465 e. The molecule has 0 aromatic rings. The smallest absolute Gasteiger partial charge is 0.338 e. The van der Waals surface area contributed by atoms with Gasteiger partial charge >= 0.3 is 5.97 Å². The summed E-state index contributed by atoms with van der Waals surface area (Å²) in [6.07, 6.45) is 2.74. The van der Waals surface area contributed by atoms with Gasteiger partial charge < -0.3 is 14.2 Å². The van der Waals surface area contributed by atoms with Crippen LogP contribution in [0, 0.1) is 0 Å². The highest BCUT2D eigenvalue weighted by atomic mass is 16.7. The van der Waals surface area contributed by atoms with E-state index < -0.39 is 11.8 Å². The van der Waals surface area contributed by atoms with Crippen LogP contribution in [-0.4, -0.2) is 32.1 Å². The highest BCUT2D eigenvalue weighted by Crippen LogP contribution is 2.18. The fourth-order valence-electron chi connectivity index (χ4n) is 0.934. The molecule has 0 aromatic heterocycles. The van der Waals surface area contributed by atoms with Gasteiger partial charge in [0.2, 0.25) is 0 Å². The highest BCUT2D eigenvalue weighted by molar-refractivity contribution is 5.81. The molecule has 1 fully saturated rings. The van der Waals surface area contributed by atoms with Crippen LogP contribution < -0.4 is 0 Å². The summed E-state index contributed by atoms with van der Waals surface area (Å²) in [6.45, 7) is 2.89. The number of carbonyl (C=O) groups excluding carboxylic acids is 1. The second-order valence-corrected chi connectivity index (χ2v) is 2.69. The Morgan fingerprint density at radius 2 is 2.15 bits per heavy atom. The third-order valence-corrected chi connectivity index (χ3v) is 1.61. The molecule has 0 radical (unpaired) electrons. The van der Waals surface area contributed by atoms with Crippen molar-refractivity contribution in [1.29, 1.82) is 0 Å². The van der Waals surface area contributed by atoms with Crippen molar-refractivity contribution in [3.05, 3.63) is 17.9 Å². The number of hydrogen-bond acceptors (Lipinski definition) is 4. The molecule has 1 heterocycles. The molecule has 0 saturated carbocycles. The summed E-state index contributed by atoms with van der Waals surface area (Å²) in [5.41, 5.74) is 2.64. The van der Waals surface area contributed by atoms with Crippen LogP contribution in [0.1, 0.15) is 6.92 Å². The molecule has 0 bridgehead atoms. The Bertz CT molecular complexity index is 244. The molecule has 0 atom stereocenters. The van der Waals surface area contributed by atoms with Crippen LogP contribution in [-0.2, 0) is 19.0 Å². The molecule has 1 rings (SSSR count). The Labute approximate surface area is 76.8 Å². The van der Waals surface area contributed by atoms with E-state index in [9.17, 15) is 4.79 Å². The maximum Gasteiger partial charge on any atom is 0.338 e. The van der Waals surface area contributed by atoms with Crippen LogP contribution in [0.4, 0.5) is 0 Å². The SMILES string of the molecule is COC(=O)C=C=CC1(C)OCCO1. The summed E-state index contributed by atoms with van der Waals surface area (Å²) in [5.74, 6) is -1.19. The Balaban J connectivity index is 2.55. The number of ether oxygens (including phenoxy) is 3. The fraction of sp³-hybridized carbons (Fsp3) is 0.556. The molecule has 0 unspecified atom stereocenters. The van der Waals surface area contributed by atoms with E-state index in [1.807, 2.05) is 0 Å². The van der Waals surface area contributed by atoms with Crippen LogP contribution in [0.15, 0.2) is 17.9 Å². The second kappa shape index (κ2) is 4.23. The van der Waals surface area contributed by atoms with Crippen molar-refractivity contribution >= 4 is 5.97 Å². The van der Waals surface area contributed by atoms with Crippen molar-refractivity contribution in [2.24, 2.45) is 0 Å². The number of esters is 1. The Morgan fingerprint density at radius 1 is 1.54 bits per heavy atom. The molecule has 72 valence electrons. The molecule has 13 heavy (non-hydrogen) atoms. The summed E-state index contributed by atoms with van der Waals surface area (Å²) in [7, 11) is 1.31. The molecule has 4 nitrogen and oxygen atoms in total. The van der Waals surface area contributed by atoms with Gasteiger partial charge in [0.25, 0.3) is 0 Å². The monoisotopic (exact) mass is 184 g/mol. The zero-order chi connectivity index (χ0) is 9.73. The van der Waals surface area contributed by atoms with Crippen molar-refractivity contribution in [2.75, 3.05) is 20.3 Å². The minimum atomic E-state index is -0.746. The first kappa shape index (κ1) is 9.99. The van der Waals surface area contributed by atoms with Gasteiger partial charge in [-0.1, -0.05) is 0 Å². The van der Waals surface area contributed by atoms with Crippen molar-refractivity contribution < 1.29 is 19.0 Å². The minimum absolute atomic E-state index is 0.446. The Hall–Kier alpha value is -1.09. The maximum atomic E-state index is 10.6. The van der Waals surface area contributed by atoms with Crippen LogP contribution in [0.2, 0.25) is 0 Å². The zero-order valence-corrected chi connectivity index (χ0v) is 7.70. The van der Waals surface area contributed by atoms with Crippen LogP contribution in [0.3, 0.4) is 0 Å². The van der Waals surface area contributed by atoms with Gasteiger partial charge in [0, 0.05) is 6.08 Å². The van der Waals surface area contributed by atoms with Gasteiger partial charge in [-0.05, 0) is 6.92 Å². The number of methoxy groups -OCH3 is 1. The lowest BCUT2D eigenvalue weighted by atomic mass is 10.3. The molecule has 0 aliphatic carbocycles. The molecule has 0 spiro atoms. The summed E-state index contributed by atoms with van der Waals surface area (Å²) in [6, 6.07) is 0. The first-order valence-electron chi connectivity index (χ1n) is 3.96. The first-order valence-corrected chi connectivity index (χ1v) is 3.96. The molecule has 4 heteroatoms. The number of hydrogen-bond donors (Lipinski definition) is 0. The summed E-state index contributed by atoms with van der Waals surface area (Å²) >= 11 is 0.